The van der Waals surface area contributed by atoms with Crippen LogP contribution in [0.15, 0.2) is 24.3 Å². The van der Waals surface area contributed by atoms with Crippen molar-refractivity contribution < 1.29 is 16.5 Å². The molecule has 5 heteroatoms. The van der Waals surface area contributed by atoms with Gasteiger partial charge in [-0.25, -0.2) is 0 Å². The summed E-state index contributed by atoms with van der Waals surface area (Å²) in [6, 6.07) is 5.63. The van der Waals surface area contributed by atoms with Crippen molar-refractivity contribution >= 4 is 5.69 Å². The van der Waals surface area contributed by atoms with E-state index >= 15 is 0 Å². The van der Waals surface area contributed by atoms with Gasteiger partial charge in [0.1, 0.15) is 0 Å². The van der Waals surface area contributed by atoms with Crippen molar-refractivity contribution in [1.29, 1.82) is 0 Å². The molecule has 1 rings (SSSR count). The third kappa shape index (κ3) is 4.43. The molecule has 0 saturated heterocycles. The van der Waals surface area contributed by atoms with E-state index in [4.69, 9.17) is 1.37 Å². The summed E-state index contributed by atoms with van der Waals surface area (Å²) >= 11 is 0. The SMILES string of the molecule is [2H]C(O)(Cc1ccc([N+](=O)[O-])cc1)C(O)CCCC. The van der Waals surface area contributed by atoms with Crippen molar-refractivity contribution in [1.82, 2.24) is 0 Å². The van der Waals surface area contributed by atoms with Gasteiger partial charge in [-0.3, -0.25) is 10.1 Å². The van der Waals surface area contributed by atoms with Gasteiger partial charge in [0.05, 0.1) is 18.5 Å². The van der Waals surface area contributed by atoms with Crippen molar-refractivity contribution in [2.75, 3.05) is 0 Å². The van der Waals surface area contributed by atoms with Gasteiger partial charge >= 0.3 is 0 Å². The van der Waals surface area contributed by atoms with Crippen LogP contribution in [0.4, 0.5) is 5.69 Å². The van der Waals surface area contributed by atoms with Crippen molar-refractivity contribution in [3.8, 4) is 0 Å². The summed E-state index contributed by atoms with van der Waals surface area (Å²) in [4.78, 5) is 10.00. The third-order valence-corrected chi connectivity index (χ3v) is 2.75. The third-order valence-electron chi connectivity index (χ3n) is 2.75. The number of unbranched alkanes of at least 4 members (excludes halogenated alkanes) is 1. The van der Waals surface area contributed by atoms with Crippen LogP contribution in [0, 0.1) is 10.1 Å². The number of hydrogen-bond donors (Lipinski definition) is 2. The summed E-state index contributed by atoms with van der Waals surface area (Å²) < 4.78 is 7.76. The molecule has 2 N–H and O–H groups in total. The molecule has 1 aromatic carbocycles. The molecule has 0 aliphatic carbocycles. The lowest BCUT2D eigenvalue weighted by Crippen LogP contribution is -2.27. The fourth-order valence-electron chi connectivity index (χ4n) is 1.63. The first-order chi connectivity index (χ1) is 8.86. The molecule has 18 heavy (non-hydrogen) atoms. The molecule has 0 spiro atoms. The number of benzene rings is 1. The predicted octanol–water partition coefficient (Wildman–Crippen LogP) is 2.05. The minimum Gasteiger partial charge on any atom is -0.390 e. The maximum absolute atomic E-state index is 10.5. The lowest BCUT2D eigenvalue weighted by Gasteiger charge is -2.17. The monoisotopic (exact) mass is 254 g/mol. The summed E-state index contributed by atoms with van der Waals surface area (Å²) in [5, 5.41) is 30.2. The first-order valence-corrected chi connectivity index (χ1v) is 6.00. The van der Waals surface area contributed by atoms with Crippen LogP contribution < -0.4 is 0 Å². The molecule has 0 aromatic heterocycles. The highest BCUT2D eigenvalue weighted by Gasteiger charge is 2.16. The Balaban J connectivity index is 2.69. The molecule has 0 aliphatic rings. The quantitative estimate of drug-likeness (QED) is 0.576. The summed E-state index contributed by atoms with van der Waals surface area (Å²) in [5.74, 6) is 0. The Morgan fingerprint density at radius 3 is 2.50 bits per heavy atom. The predicted molar refractivity (Wildman–Crippen MR) is 68.3 cm³/mol. The number of nitrogens with zero attached hydrogens (tertiary/aromatic N) is 1. The van der Waals surface area contributed by atoms with Crippen molar-refractivity contribution in [2.45, 2.75) is 44.8 Å². The smallest absolute Gasteiger partial charge is 0.269 e. The van der Waals surface area contributed by atoms with E-state index in [0.29, 0.717) is 12.0 Å². The Hall–Kier alpha value is -1.46. The number of non-ortho nitro benzene ring substituents is 1. The highest BCUT2D eigenvalue weighted by molar-refractivity contribution is 5.33. The number of hydrogen-bond acceptors (Lipinski definition) is 4. The van der Waals surface area contributed by atoms with Gasteiger partial charge in [0.2, 0.25) is 0 Å². The van der Waals surface area contributed by atoms with Gasteiger partial charge in [0.15, 0.2) is 0 Å². The zero-order chi connectivity index (χ0) is 14.5. The zero-order valence-corrected chi connectivity index (χ0v) is 10.4. The van der Waals surface area contributed by atoms with Gasteiger partial charge in [-0.2, -0.15) is 0 Å². The summed E-state index contributed by atoms with van der Waals surface area (Å²) in [5.41, 5.74) is 0.544. The summed E-state index contributed by atoms with van der Waals surface area (Å²) in [6.07, 6.45) is -1.17. The number of nitro groups is 1. The van der Waals surface area contributed by atoms with E-state index in [1.807, 2.05) is 6.92 Å². The second-order valence-electron chi connectivity index (χ2n) is 4.25. The van der Waals surface area contributed by atoms with Crippen LogP contribution >= 0.6 is 0 Å². The van der Waals surface area contributed by atoms with Gasteiger partial charge < -0.3 is 10.2 Å². The van der Waals surface area contributed by atoms with E-state index in [0.717, 1.165) is 12.8 Å². The second-order valence-corrected chi connectivity index (χ2v) is 4.25. The molecular formula is C13H19NO4. The van der Waals surface area contributed by atoms with Crippen LogP contribution in [-0.2, 0) is 6.42 Å². The normalized spacial score (nSPS) is 16.7. The number of rotatable bonds is 7. The van der Waals surface area contributed by atoms with E-state index < -0.39 is 17.1 Å². The maximum Gasteiger partial charge on any atom is 0.269 e. The van der Waals surface area contributed by atoms with Gasteiger partial charge in [0, 0.05) is 18.6 Å². The van der Waals surface area contributed by atoms with Gasteiger partial charge in [-0.05, 0) is 12.0 Å². The maximum atomic E-state index is 10.5. The van der Waals surface area contributed by atoms with Crippen molar-refractivity contribution in [2.24, 2.45) is 0 Å². The molecule has 5 nitrogen and oxygen atoms in total. The highest BCUT2D eigenvalue weighted by atomic mass is 16.6. The molecule has 1 aromatic rings. The minimum absolute atomic E-state index is 0.0381. The first-order valence-electron chi connectivity index (χ1n) is 6.50. The van der Waals surface area contributed by atoms with E-state index in [-0.39, 0.29) is 12.1 Å². The molecule has 0 bridgehead atoms. The Kier molecular flexibility index (Phi) is 5.11. The Labute approximate surface area is 108 Å². The highest BCUT2D eigenvalue weighted by Crippen LogP contribution is 2.15. The van der Waals surface area contributed by atoms with Gasteiger partial charge in [-0.15, -0.1) is 0 Å². The van der Waals surface area contributed by atoms with E-state index in [1.54, 1.807) is 0 Å². The van der Waals surface area contributed by atoms with E-state index in [1.165, 1.54) is 24.3 Å². The van der Waals surface area contributed by atoms with Crippen LogP contribution in [0.2, 0.25) is 0 Å². The molecular weight excluding hydrogens is 234 g/mol. The Bertz CT molecular complexity index is 419. The van der Waals surface area contributed by atoms with E-state index in [9.17, 15) is 20.3 Å². The number of aliphatic hydroxyl groups is 2. The molecule has 0 heterocycles. The molecule has 0 fully saturated rings. The van der Waals surface area contributed by atoms with Gasteiger partial charge in [0.25, 0.3) is 5.69 Å². The number of nitro benzene ring substituents is 1. The van der Waals surface area contributed by atoms with Crippen LogP contribution in [0.3, 0.4) is 0 Å². The second kappa shape index (κ2) is 7.08. The van der Waals surface area contributed by atoms with Crippen LogP contribution in [0.1, 0.15) is 33.1 Å². The Morgan fingerprint density at radius 1 is 1.39 bits per heavy atom. The molecule has 0 aliphatic heterocycles. The summed E-state index contributed by atoms with van der Waals surface area (Å²) in [6.45, 7) is 1.96. The lowest BCUT2D eigenvalue weighted by molar-refractivity contribution is -0.384. The standard InChI is InChI=1S/C13H19NO4/c1-2-3-4-12(15)13(16)9-10-5-7-11(8-6-10)14(17)18/h5-8,12-13,15-16H,2-4,9H2,1H3/i13D. The molecule has 0 amide bonds. The van der Waals surface area contributed by atoms with Crippen LogP contribution in [-0.4, -0.2) is 27.3 Å². The molecule has 100 valence electrons. The van der Waals surface area contributed by atoms with Crippen LogP contribution in [0.5, 0.6) is 0 Å². The zero-order valence-electron chi connectivity index (χ0n) is 11.4. The lowest BCUT2D eigenvalue weighted by atomic mass is 10.0. The molecule has 0 radical (unpaired) electrons. The van der Waals surface area contributed by atoms with Crippen LogP contribution in [0.25, 0.3) is 0 Å². The number of aliphatic hydroxyl groups excluding tert-OH is 1. The fraction of sp³-hybridized carbons (Fsp3) is 0.538. The topological polar surface area (TPSA) is 83.6 Å². The average Bonchev–Trinajstić information content (AvgIpc) is 2.36. The molecule has 2 atom stereocenters. The summed E-state index contributed by atoms with van der Waals surface area (Å²) in [7, 11) is 0. The van der Waals surface area contributed by atoms with Crippen molar-refractivity contribution in [3.05, 3.63) is 39.9 Å². The molecule has 0 saturated carbocycles. The Morgan fingerprint density at radius 2 is 2.00 bits per heavy atom. The minimum atomic E-state index is -1.97. The van der Waals surface area contributed by atoms with E-state index in [2.05, 4.69) is 0 Å². The first kappa shape index (κ1) is 13.0. The van der Waals surface area contributed by atoms with Crippen molar-refractivity contribution in [3.63, 3.8) is 0 Å². The van der Waals surface area contributed by atoms with Gasteiger partial charge in [-0.1, -0.05) is 31.9 Å². The average molecular weight is 254 g/mol. The largest absolute Gasteiger partial charge is 0.390 e. The molecule has 2 unspecified atom stereocenters. The fourth-order valence-corrected chi connectivity index (χ4v) is 1.63.